The molecular weight excluding hydrogens is 288 g/mol. The Bertz CT molecular complexity index is 778. The Kier molecular flexibility index (Phi) is 3.94. The number of nitrogens with zero attached hydrogens (tertiary/aromatic N) is 3. The van der Waals surface area contributed by atoms with Gasteiger partial charge in [0, 0.05) is 18.7 Å². The molecule has 3 heterocycles. The van der Waals surface area contributed by atoms with E-state index in [0.29, 0.717) is 18.4 Å². The van der Waals surface area contributed by atoms with Gasteiger partial charge in [0.05, 0.1) is 17.5 Å². The lowest BCUT2D eigenvalue weighted by Gasteiger charge is -2.22. The van der Waals surface area contributed by atoms with Gasteiger partial charge in [-0.3, -0.25) is 0 Å². The quantitative estimate of drug-likeness (QED) is 0.805. The maximum atomic E-state index is 6.06. The maximum Gasteiger partial charge on any atom is 0.241 e. The Labute approximate surface area is 135 Å². The lowest BCUT2D eigenvalue weighted by Crippen LogP contribution is -2.33. The van der Waals surface area contributed by atoms with Crippen LogP contribution in [-0.2, 0) is 0 Å². The van der Waals surface area contributed by atoms with Crippen LogP contribution in [0.15, 0.2) is 48.7 Å². The van der Waals surface area contributed by atoms with Gasteiger partial charge < -0.3 is 10.1 Å². The molecule has 23 heavy (non-hydrogen) atoms. The van der Waals surface area contributed by atoms with Gasteiger partial charge in [-0.2, -0.15) is 0 Å². The smallest absolute Gasteiger partial charge is 0.241 e. The summed E-state index contributed by atoms with van der Waals surface area (Å²) in [6, 6.07) is 14.0. The number of pyridine rings is 1. The Morgan fingerprint density at radius 2 is 2.09 bits per heavy atom. The van der Waals surface area contributed by atoms with Crippen LogP contribution in [0.4, 0.5) is 0 Å². The molecule has 1 aliphatic heterocycles. The summed E-state index contributed by atoms with van der Waals surface area (Å²) in [5.41, 5.74) is 1.02. The summed E-state index contributed by atoms with van der Waals surface area (Å²) in [6.07, 6.45) is 4.21. The van der Waals surface area contributed by atoms with Crippen LogP contribution in [0.2, 0.25) is 0 Å². The van der Waals surface area contributed by atoms with E-state index in [0.717, 1.165) is 29.8 Å². The van der Waals surface area contributed by atoms with Gasteiger partial charge in [0.2, 0.25) is 5.88 Å². The molecule has 5 nitrogen and oxygen atoms in total. The molecule has 0 saturated carbocycles. The molecule has 0 amide bonds. The second-order valence-corrected chi connectivity index (χ2v) is 5.95. The third-order valence-corrected chi connectivity index (χ3v) is 4.27. The van der Waals surface area contributed by atoms with Crippen molar-refractivity contribution < 1.29 is 4.74 Å². The Hall–Kier alpha value is -2.40. The zero-order valence-corrected chi connectivity index (χ0v) is 13.0. The maximum absolute atomic E-state index is 6.06. The molecular formula is C18H20N4O. The summed E-state index contributed by atoms with van der Waals surface area (Å²) >= 11 is 0. The number of para-hydroxylation sites is 1. The number of nitrogens with one attached hydrogen (secondary N) is 1. The third-order valence-electron chi connectivity index (χ3n) is 4.27. The van der Waals surface area contributed by atoms with E-state index in [9.17, 15) is 0 Å². The second kappa shape index (κ2) is 6.38. The van der Waals surface area contributed by atoms with Crippen molar-refractivity contribution in [3.05, 3.63) is 48.7 Å². The van der Waals surface area contributed by atoms with Gasteiger partial charge >= 0.3 is 0 Å². The fourth-order valence-corrected chi connectivity index (χ4v) is 3.06. The van der Waals surface area contributed by atoms with Crippen molar-refractivity contribution in [1.29, 1.82) is 0 Å². The molecule has 4 rings (SSSR count). The van der Waals surface area contributed by atoms with E-state index < -0.39 is 0 Å². The number of rotatable bonds is 4. The summed E-state index contributed by atoms with van der Waals surface area (Å²) < 4.78 is 7.91. The number of benzene rings is 1. The van der Waals surface area contributed by atoms with E-state index in [4.69, 9.17) is 4.74 Å². The summed E-state index contributed by atoms with van der Waals surface area (Å²) in [6.45, 7) is 2.85. The average molecular weight is 308 g/mol. The number of aromatic nitrogens is 3. The van der Waals surface area contributed by atoms with Gasteiger partial charge in [0.1, 0.15) is 0 Å². The van der Waals surface area contributed by atoms with Crippen molar-refractivity contribution in [3.8, 4) is 11.7 Å². The molecule has 0 bridgehead atoms. The van der Waals surface area contributed by atoms with Crippen molar-refractivity contribution in [1.82, 2.24) is 20.1 Å². The van der Waals surface area contributed by atoms with E-state index in [1.807, 2.05) is 41.1 Å². The highest BCUT2D eigenvalue weighted by Crippen LogP contribution is 2.27. The summed E-state index contributed by atoms with van der Waals surface area (Å²) in [4.78, 5) is 4.40. The minimum Gasteiger partial charge on any atom is -0.476 e. The summed E-state index contributed by atoms with van der Waals surface area (Å²) in [5.74, 6) is 2.05. The minimum atomic E-state index is 0.558. The number of hydrogen-bond acceptors (Lipinski definition) is 4. The Morgan fingerprint density at radius 1 is 1.17 bits per heavy atom. The van der Waals surface area contributed by atoms with Crippen molar-refractivity contribution in [2.75, 3.05) is 19.7 Å². The van der Waals surface area contributed by atoms with Crippen LogP contribution in [0, 0.1) is 5.92 Å². The van der Waals surface area contributed by atoms with Gasteiger partial charge in [0.15, 0.2) is 5.82 Å². The molecule has 118 valence electrons. The van der Waals surface area contributed by atoms with Crippen LogP contribution < -0.4 is 10.1 Å². The Balaban J connectivity index is 1.64. The van der Waals surface area contributed by atoms with Gasteiger partial charge in [-0.1, -0.05) is 18.2 Å². The number of piperidine rings is 1. The summed E-state index contributed by atoms with van der Waals surface area (Å²) in [7, 11) is 0. The van der Waals surface area contributed by atoms with E-state index in [-0.39, 0.29) is 0 Å². The highest BCUT2D eigenvalue weighted by molar-refractivity contribution is 5.85. The molecule has 1 saturated heterocycles. The lowest BCUT2D eigenvalue weighted by molar-refractivity contribution is 0.213. The normalized spacial score (nSPS) is 18.2. The molecule has 0 radical (unpaired) electrons. The van der Waals surface area contributed by atoms with Crippen molar-refractivity contribution in [2.45, 2.75) is 12.8 Å². The lowest BCUT2D eigenvalue weighted by atomic mass is 10.0. The molecule has 2 aromatic heterocycles. The molecule has 1 unspecified atom stereocenters. The highest BCUT2D eigenvalue weighted by atomic mass is 16.5. The average Bonchev–Trinajstić information content (AvgIpc) is 3.01. The molecule has 1 aliphatic rings. The van der Waals surface area contributed by atoms with Crippen molar-refractivity contribution >= 4 is 10.9 Å². The van der Waals surface area contributed by atoms with E-state index in [2.05, 4.69) is 21.5 Å². The van der Waals surface area contributed by atoms with Crippen LogP contribution in [0.25, 0.3) is 16.7 Å². The standard InChI is InChI=1S/C18H20N4O/c1-2-8-16-15(7-1)18(23-13-14-6-5-10-19-12-14)21-22(16)17-9-3-4-11-20-17/h1-4,7-9,11,14,19H,5-6,10,12-13H2. The van der Waals surface area contributed by atoms with Crippen molar-refractivity contribution in [2.24, 2.45) is 5.92 Å². The molecule has 3 aromatic rings. The molecule has 1 atom stereocenters. The molecule has 1 aromatic carbocycles. The van der Waals surface area contributed by atoms with E-state index in [1.54, 1.807) is 6.20 Å². The molecule has 1 N–H and O–H groups in total. The first-order chi connectivity index (χ1) is 11.4. The molecule has 0 aliphatic carbocycles. The van der Waals surface area contributed by atoms with Crippen molar-refractivity contribution in [3.63, 3.8) is 0 Å². The predicted molar refractivity (Wildman–Crippen MR) is 90.0 cm³/mol. The largest absolute Gasteiger partial charge is 0.476 e. The SMILES string of the molecule is c1ccc(-n2nc(OCC3CCCNC3)c3ccccc32)nc1. The highest BCUT2D eigenvalue weighted by Gasteiger charge is 2.17. The van der Waals surface area contributed by atoms with Crippen LogP contribution >= 0.6 is 0 Å². The topological polar surface area (TPSA) is 52.0 Å². The predicted octanol–water partition coefficient (Wildman–Crippen LogP) is 2.80. The van der Waals surface area contributed by atoms with Gasteiger partial charge in [-0.15, -0.1) is 5.10 Å². The van der Waals surface area contributed by atoms with Crippen LogP contribution in [0.3, 0.4) is 0 Å². The fourth-order valence-electron chi connectivity index (χ4n) is 3.06. The zero-order chi connectivity index (χ0) is 15.5. The van der Waals surface area contributed by atoms with Crippen LogP contribution in [0.5, 0.6) is 5.88 Å². The van der Waals surface area contributed by atoms with Gasteiger partial charge in [-0.25, -0.2) is 9.67 Å². The van der Waals surface area contributed by atoms with Gasteiger partial charge in [-0.05, 0) is 43.7 Å². The number of fused-ring (bicyclic) bond motifs is 1. The first-order valence-corrected chi connectivity index (χ1v) is 8.14. The van der Waals surface area contributed by atoms with E-state index >= 15 is 0 Å². The monoisotopic (exact) mass is 308 g/mol. The third kappa shape index (κ3) is 2.92. The molecule has 0 spiro atoms. The minimum absolute atomic E-state index is 0.558. The number of ether oxygens (including phenoxy) is 1. The van der Waals surface area contributed by atoms with E-state index in [1.165, 1.54) is 12.8 Å². The molecule has 5 heteroatoms. The van der Waals surface area contributed by atoms with Gasteiger partial charge in [0.25, 0.3) is 0 Å². The molecule has 1 fully saturated rings. The van der Waals surface area contributed by atoms with Crippen LogP contribution in [-0.4, -0.2) is 34.5 Å². The Morgan fingerprint density at radius 3 is 2.91 bits per heavy atom. The number of hydrogen-bond donors (Lipinski definition) is 1. The first-order valence-electron chi connectivity index (χ1n) is 8.14. The zero-order valence-electron chi connectivity index (χ0n) is 13.0. The first kappa shape index (κ1) is 14.2. The second-order valence-electron chi connectivity index (χ2n) is 5.95. The summed E-state index contributed by atoms with van der Waals surface area (Å²) in [5, 5.41) is 9.11. The fraction of sp³-hybridized carbons (Fsp3) is 0.333. The van der Waals surface area contributed by atoms with Crippen LogP contribution in [0.1, 0.15) is 12.8 Å².